The van der Waals surface area contributed by atoms with Crippen LogP contribution in [0.3, 0.4) is 0 Å². The van der Waals surface area contributed by atoms with Crippen LogP contribution in [0.15, 0.2) is 30.5 Å². The summed E-state index contributed by atoms with van der Waals surface area (Å²) in [7, 11) is 1.64. The smallest absolute Gasteiger partial charge is 0.287 e. The number of nitrogens with zero attached hydrogens (tertiary/aromatic N) is 4. The third-order valence-corrected chi connectivity index (χ3v) is 5.05. The lowest BCUT2D eigenvalue weighted by atomic mass is 10.1. The molecule has 7 nitrogen and oxygen atoms in total. The van der Waals surface area contributed by atoms with Crippen molar-refractivity contribution in [3.05, 3.63) is 41.7 Å². The summed E-state index contributed by atoms with van der Waals surface area (Å²) in [6, 6.07) is 7.83. The van der Waals surface area contributed by atoms with Gasteiger partial charge in [-0.3, -0.25) is 9.80 Å². The fraction of sp³-hybridized carbons (Fsp3) is 0.444. The molecule has 1 aromatic carbocycles. The number of carbonyl (C=O) groups excluding carboxylic acids is 1. The Labute approximate surface area is 146 Å². The number of amides is 1. The predicted molar refractivity (Wildman–Crippen MR) is 93.6 cm³/mol. The van der Waals surface area contributed by atoms with Crippen molar-refractivity contribution >= 4 is 5.91 Å². The molecule has 1 saturated heterocycles. The molecule has 0 unspecified atom stereocenters. The minimum Gasteiger partial charge on any atom is -0.497 e. The number of fused-ring (bicyclic) bond motifs is 1. The van der Waals surface area contributed by atoms with Gasteiger partial charge in [0.1, 0.15) is 11.4 Å². The summed E-state index contributed by atoms with van der Waals surface area (Å²) in [6.45, 7) is 2.37. The normalized spacial score (nSPS) is 19.1. The molecule has 0 radical (unpaired) electrons. The molecular weight excluding hydrogens is 318 g/mol. The minimum atomic E-state index is 0.0186. The van der Waals surface area contributed by atoms with Gasteiger partial charge in [0, 0.05) is 31.2 Å². The van der Waals surface area contributed by atoms with E-state index in [4.69, 9.17) is 10.5 Å². The predicted octanol–water partition coefficient (Wildman–Crippen LogP) is 1.22. The van der Waals surface area contributed by atoms with Crippen molar-refractivity contribution < 1.29 is 9.53 Å². The molecule has 1 amide bonds. The summed E-state index contributed by atoms with van der Waals surface area (Å²) in [5, 5.41) is 8.47. The highest BCUT2D eigenvalue weighted by atomic mass is 16.5. The summed E-state index contributed by atoms with van der Waals surface area (Å²) >= 11 is 0. The quantitative estimate of drug-likeness (QED) is 0.908. The SMILES string of the molecule is COc1ccc(-n2ncc3c2C(=O)N(N2CCC(N)CC2)CC3)cc1. The highest BCUT2D eigenvalue weighted by Crippen LogP contribution is 2.25. The number of hydrogen-bond donors (Lipinski definition) is 1. The Morgan fingerprint density at radius 2 is 1.88 bits per heavy atom. The molecule has 0 bridgehead atoms. The highest BCUT2D eigenvalue weighted by molar-refractivity contribution is 5.95. The molecule has 1 fully saturated rings. The maximum absolute atomic E-state index is 13.1. The molecule has 0 spiro atoms. The molecule has 2 aromatic rings. The number of piperidine rings is 1. The van der Waals surface area contributed by atoms with Crippen LogP contribution < -0.4 is 10.5 Å². The Morgan fingerprint density at radius 1 is 1.16 bits per heavy atom. The van der Waals surface area contributed by atoms with Gasteiger partial charge in [-0.05, 0) is 43.5 Å². The molecule has 2 aliphatic heterocycles. The van der Waals surface area contributed by atoms with Gasteiger partial charge in [0.25, 0.3) is 5.91 Å². The van der Waals surface area contributed by atoms with Crippen molar-refractivity contribution in [2.75, 3.05) is 26.7 Å². The number of methoxy groups -OCH3 is 1. The second-order valence-electron chi connectivity index (χ2n) is 6.60. The molecule has 2 N–H and O–H groups in total. The van der Waals surface area contributed by atoms with E-state index < -0.39 is 0 Å². The van der Waals surface area contributed by atoms with Gasteiger partial charge in [-0.15, -0.1) is 0 Å². The summed E-state index contributed by atoms with van der Waals surface area (Å²) in [5.41, 5.74) is 8.51. The van der Waals surface area contributed by atoms with E-state index in [0.717, 1.165) is 49.4 Å². The summed E-state index contributed by atoms with van der Waals surface area (Å²) < 4.78 is 6.94. The first-order valence-corrected chi connectivity index (χ1v) is 8.71. The Morgan fingerprint density at radius 3 is 2.56 bits per heavy atom. The van der Waals surface area contributed by atoms with Crippen LogP contribution in [-0.2, 0) is 6.42 Å². The Balaban J connectivity index is 1.62. The van der Waals surface area contributed by atoms with Gasteiger partial charge in [0.05, 0.1) is 19.0 Å². The number of hydrogen-bond acceptors (Lipinski definition) is 5. The number of nitrogens with two attached hydrogens (primary N) is 1. The average Bonchev–Trinajstić information content (AvgIpc) is 3.08. The molecule has 1 aromatic heterocycles. The van der Waals surface area contributed by atoms with E-state index in [1.54, 1.807) is 18.0 Å². The van der Waals surface area contributed by atoms with Gasteiger partial charge in [-0.2, -0.15) is 5.10 Å². The van der Waals surface area contributed by atoms with Gasteiger partial charge < -0.3 is 10.5 Å². The minimum absolute atomic E-state index is 0.0186. The molecule has 3 heterocycles. The van der Waals surface area contributed by atoms with E-state index in [-0.39, 0.29) is 11.9 Å². The van der Waals surface area contributed by atoms with Gasteiger partial charge in [-0.25, -0.2) is 9.69 Å². The zero-order valence-corrected chi connectivity index (χ0v) is 14.4. The lowest BCUT2D eigenvalue weighted by Crippen LogP contribution is -2.54. The maximum atomic E-state index is 13.1. The second-order valence-corrected chi connectivity index (χ2v) is 6.60. The molecule has 0 atom stereocenters. The van der Waals surface area contributed by atoms with Crippen LogP contribution in [0.4, 0.5) is 0 Å². The Hall–Kier alpha value is -2.38. The lowest BCUT2D eigenvalue weighted by molar-refractivity contribution is -0.0267. The van der Waals surface area contributed by atoms with Crippen molar-refractivity contribution in [3.63, 3.8) is 0 Å². The largest absolute Gasteiger partial charge is 0.497 e. The van der Waals surface area contributed by atoms with Crippen molar-refractivity contribution in [2.24, 2.45) is 5.73 Å². The molecular formula is C18H23N5O2. The second kappa shape index (κ2) is 6.50. The standard InChI is InChI=1S/C18H23N5O2/c1-25-16-4-2-15(3-5-16)23-17-13(12-20-23)6-11-22(18(17)24)21-9-7-14(19)8-10-21/h2-5,12,14H,6-11,19H2,1H3. The number of aromatic nitrogens is 2. The molecule has 0 saturated carbocycles. The lowest BCUT2D eigenvalue weighted by Gasteiger charge is -2.40. The zero-order valence-electron chi connectivity index (χ0n) is 14.4. The zero-order chi connectivity index (χ0) is 17.4. The van der Waals surface area contributed by atoms with E-state index in [0.29, 0.717) is 12.2 Å². The van der Waals surface area contributed by atoms with Crippen LogP contribution in [0.1, 0.15) is 28.9 Å². The van der Waals surface area contributed by atoms with Crippen molar-refractivity contribution in [1.82, 2.24) is 19.8 Å². The first kappa shape index (κ1) is 16.1. The Kier molecular flexibility index (Phi) is 4.19. The third-order valence-electron chi connectivity index (χ3n) is 5.05. The number of benzene rings is 1. The fourth-order valence-corrected chi connectivity index (χ4v) is 3.56. The summed E-state index contributed by atoms with van der Waals surface area (Å²) in [4.78, 5) is 13.1. The third kappa shape index (κ3) is 2.89. The van der Waals surface area contributed by atoms with Crippen LogP contribution >= 0.6 is 0 Å². The molecule has 132 valence electrons. The van der Waals surface area contributed by atoms with Crippen molar-refractivity contribution in [2.45, 2.75) is 25.3 Å². The van der Waals surface area contributed by atoms with Crippen molar-refractivity contribution in [3.8, 4) is 11.4 Å². The number of ether oxygens (including phenoxy) is 1. The number of rotatable bonds is 3. The van der Waals surface area contributed by atoms with Gasteiger partial charge in [0.2, 0.25) is 0 Å². The van der Waals surface area contributed by atoms with E-state index in [1.165, 1.54) is 0 Å². The van der Waals surface area contributed by atoms with Gasteiger partial charge >= 0.3 is 0 Å². The topological polar surface area (TPSA) is 76.6 Å². The van der Waals surface area contributed by atoms with E-state index >= 15 is 0 Å². The van der Waals surface area contributed by atoms with E-state index in [9.17, 15) is 4.79 Å². The summed E-state index contributed by atoms with van der Waals surface area (Å²) in [5.74, 6) is 0.799. The molecule has 4 rings (SSSR count). The van der Waals surface area contributed by atoms with Gasteiger partial charge in [0.15, 0.2) is 0 Å². The molecule has 0 aliphatic carbocycles. The number of hydrazine groups is 1. The van der Waals surface area contributed by atoms with Crippen LogP contribution in [0.25, 0.3) is 5.69 Å². The monoisotopic (exact) mass is 341 g/mol. The number of carbonyl (C=O) groups is 1. The average molecular weight is 341 g/mol. The first-order chi connectivity index (χ1) is 12.2. The molecule has 7 heteroatoms. The van der Waals surface area contributed by atoms with Crippen LogP contribution in [0, 0.1) is 0 Å². The van der Waals surface area contributed by atoms with E-state index in [2.05, 4.69) is 10.1 Å². The van der Waals surface area contributed by atoms with E-state index in [1.807, 2.05) is 29.3 Å². The Bertz CT molecular complexity index is 762. The van der Waals surface area contributed by atoms with Gasteiger partial charge in [-0.1, -0.05) is 0 Å². The molecule has 2 aliphatic rings. The molecule has 25 heavy (non-hydrogen) atoms. The first-order valence-electron chi connectivity index (χ1n) is 8.71. The summed E-state index contributed by atoms with van der Waals surface area (Å²) in [6.07, 6.45) is 4.48. The fourth-order valence-electron chi connectivity index (χ4n) is 3.56. The highest BCUT2D eigenvalue weighted by Gasteiger charge is 2.33. The maximum Gasteiger partial charge on any atom is 0.287 e. The van der Waals surface area contributed by atoms with Crippen LogP contribution in [0.5, 0.6) is 5.75 Å². The van der Waals surface area contributed by atoms with Crippen molar-refractivity contribution in [1.29, 1.82) is 0 Å². The van der Waals surface area contributed by atoms with Crippen LogP contribution in [-0.4, -0.2) is 58.5 Å². The van der Waals surface area contributed by atoms with Crippen LogP contribution in [0.2, 0.25) is 0 Å².